The molecule has 1 aromatic carbocycles. The maximum absolute atomic E-state index is 12.2. The van der Waals surface area contributed by atoms with E-state index in [9.17, 15) is 4.79 Å². The molecule has 0 aliphatic heterocycles. The summed E-state index contributed by atoms with van der Waals surface area (Å²) < 4.78 is 1.98. The summed E-state index contributed by atoms with van der Waals surface area (Å²) in [6, 6.07) is 17.5. The van der Waals surface area contributed by atoms with Crippen LogP contribution in [0.2, 0.25) is 0 Å². The molecule has 27 heavy (non-hydrogen) atoms. The predicted octanol–water partition coefficient (Wildman–Crippen LogP) is 4.29. The number of carbonyl (C=O) groups is 1. The molecular formula is C22H18N4O. The van der Waals surface area contributed by atoms with Crippen molar-refractivity contribution in [1.82, 2.24) is 14.5 Å². The highest BCUT2D eigenvalue weighted by Crippen LogP contribution is 2.28. The molecule has 3 heterocycles. The molecular weight excluding hydrogens is 336 g/mol. The highest BCUT2D eigenvalue weighted by atomic mass is 16.1. The summed E-state index contributed by atoms with van der Waals surface area (Å²) in [7, 11) is 1.97. The van der Waals surface area contributed by atoms with Crippen molar-refractivity contribution in [2.24, 2.45) is 7.05 Å². The molecule has 0 unspecified atom stereocenters. The van der Waals surface area contributed by atoms with Gasteiger partial charge in [-0.25, -0.2) is 9.97 Å². The summed E-state index contributed by atoms with van der Waals surface area (Å²) in [4.78, 5) is 20.9. The molecule has 5 nitrogen and oxygen atoms in total. The monoisotopic (exact) mass is 354 g/mol. The Balaban J connectivity index is 1.57. The van der Waals surface area contributed by atoms with Crippen LogP contribution in [0.5, 0.6) is 0 Å². The average molecular weight is 354 g/mol. The number of aromatic nitrogens is 3. The number of aryl methyl sites for hydroxylation is 1. The van der Waals surface area contributed by atoms with E-state index in [1.807, 2.05) is 72.4 Å². The average Bonchev–Trinajstić information content (AvgIpc) is 3.09. The van der Waals surface area contributed by atoms with E-state index in [2.05, 4.69) is 15.3 Å². The number of amides is 1. The van der Waals surface area contributed by atoms with Crippen LogP contribution in [0.3, 0.4) is 0 Å². The summed E-state index contributed by atoms with van der Waals surface area (Å²) in [6.07, 6.45) is 8.75. The number of fused-ring (bicyclic) bond motifs is 1. The first kappa shape index (κ1) is 16.7. The minimum absolute atomic E-state index is 0.219. The molecule has 5 heteroatoms. The minimum atomic E-state index is -0.219. The van der Waals surface area contributed by atoms with Gasteiger partial charge >= 0.3 is 0 Å². The van der Waals surface area contributed by atoms with Gasteiger partial charge in [-0.2, -0.15) is 0 Å². The number of carbonyl (C=O) groups excluding carboxylic acids is 1. The molecule has 0 aliphatic rings. The van der Waals surface area contributed by atoms with Crippen molar-refractivity contribution in [1.29, 1.82) is 0 Å². The third-order valence-corrected chi connectivity index (χ3v) is 4.32. The van der Waals surface area contributed by atoms with Crippen LogP contribution >= 0.6 is 0 Å². The maximum atomic E-state index is 12.2. The number of nitrogens with zero attached hydrogens (tertiary/aromatic N) is 3. The summed E-state index contributed by atoms with van der Waals surface area (Å²) in [5.41, 5.74) is 3.92. The second-order valence-electron chi connectivity index (χ2n) is 6.19. The van der Waals surface area contributed by atoms with Gasteiger partial charge in [-0.1, -0.05) is 30.3 Å². The van der Waals surface area contributed by atoms with Crippen molar-refractivity contribution in [2.75, 3.05) is 5.32 Å². The highest BCUT2D eigenvalue weighted by molar-refractivity contribution is 6.02. The highest BCUT2D eigenvalue weighted by Gasteiger charge is 2.08. The Kier molecular flexibility index (Phi) is 4.49. The van der Waals surface area contributed by atoms with Crippen LogP contribution in [-0.2, 0) is 11.8 Å². The largest absolute Gasteiger partial charge is 0.336 e. The Labute approximate surface area is 157 Å². The van der Waals surface area contributed by atoms with Crippen molar-refractivity contribution in [3.63, 3.8) is 0 Å². The van der Waals surface area contributed by atoms with E-state index < -0.39 is 0 Å². The van der Waals surface area contributed by atoms with Crippen molar-refractivity contribution in [3.8, 4) is 11.1 Å². The second kappa shape index (κ2) is 7.25. The lowest BCUT2D eigenvalue weighted by Gasteiger charge is -2.07. The summed E-state index contributed by atoms with van der Waals surface area (Å²) >= 11 is 0. The van der Waals surface area contributed by atoms with E-state index >= 15 is 0 Å². The quantitative estimate of drug-likeness (QED) is 0.556. The molecule has 4 aromatic rings. The molecule has 4 rings (SSSR count). The zero-order chi connectivity index (χ0) is 18.6. The molecule has 0 saturated heterocycles. The van der Waals surface area contributed by atoms with Crippen LogP contribution in [0.15, 0.2) is 79.3 Å². The third kappa shape index (κ3) is 3.62. The smallest absolute Gasteiger partial charge is 0.249 e. The Morgan fingerprint density at radius 3 is 2.70 bits per heavy atom. The molecule has 0 spiro atoms. The lowest BCUT2D eigenvalue weighted by molar-refractivity contribution is -0.111. The zero-order valence-corrected chi connectivity index (χ0v) is 14.8. The normalized spacial score (nSPS) is 11.1. The van der Waals surface area contributed by atoms with E-state index in [4.69, 9.17) is 0 Å². The third-order valence-electron chi connectivity index (χ3n) is 4.32. The van der Waals surface area contributed by atoms with Crippen molar-refractivity contribution < 1.29 is 4.79 Å². The number of hydrogen-bond acceptors (Lipinski definition) is 3. The van der Waals surface area contributed by atoms with Crippen LogP contribution in [-0.4, -0.2) is 20.4 Å². The summed E-state index contributed by atoms with van der Waals surface area (Å²) in [6.45, 7) is 0. The van der Waals surface area contributed by atoms with Crippen LogP contribution in [0.1, 0.15) is 5.56 Å². The number of hydrogen-bond donors (Lipinski definition) is 1. The molecule has 0 saturated carbocycles. The van der Waals surface area contributed by atoms with E-state index in [1.54, 1.807) is 18.5 Å². The molecule has 132 valence electrons. The fourth-order valence-electron chi connectivity index (χ4n) is 2.99. The molecule has 3 aromatic heterocycles. The van der Waals surface area contributed by atoms with Crippen molar-refractivity contribution >= 4 is 28.8 Å². The van der Waals surface area contributed by atoms with Crippen LogP contribution in [0, 0.1) is 0 Å². The number of nitrogens with one attached hydrogen (secondary N) is 1. The number of anilines is 1. The van der Waals surface area contributed by atoms with E-state index in [-0.39, 0.29) is 5.91 Å². The van der Waals surface area contributed by atoms with Gasteiger partial charge in [-0.3, -0.25) is 4.79 Å². The maximum Gasteiger partial charge on any atom is 0.249 e. The molecule has 0 atom stereocenters. The molecule has 0 aliphatic carbocycles. The molecule has 1 amide bonds. The SMILES string of the molecule is Cn1ccc2c(-c3ccnc(NC(=O)C=Cc4ccccc4)c3)ccnc21. The zero-order valence-electron chi connectivity index (χ0n) is 14.8. The van der Waals surface area contributed by atoms with E-state index in [0.29, 0.717) is 5.82 Å². The van der Waals surface area contributed by atoms with Gasteiger partial charge in [0.05, 0.1) is 0 Å². The van der Waals surface area contributed by atoms with Crippen LogP contribution in [0.25, 0.3) is 28.2 Å². The lowest BCUT2D eigenvalue weighted by Crippen LogP contribution is -2.09. The van der Waals surface area contributed by atoms with E-state index in [0.717, 1.165) is 27.7 Å². The molecule has 0 radical (unpaired) electrons. The Morgan fingerprint density at radius 2 is 1.85 bits per heavy atom. The van der Waals surface area contributed by atoms with Gasteiger partial charge in [0.15, 0.2) is 0 Å². The number of pyridine rings is 2. The van der Waals surface area contributed by atoms with Gasteiger partial charge in [0.2, 0.25) is 5.91 Å². The van der Waals surface area contributed by atoms with Gasteiger partial charge < -0.3 is 9.88 Å². The fraction of sp³-hybridized carbons (Fsp3) is 0.0455. The Bertz CT molecular complexity index is 1130. The number of benzene rings is 1. The molecule has 1 N–H and O–H groups in total. The Morgan fingerprint density at radius 1 is 1.04 bits per heavy atom. The topological polar surface area (TPSA) is 59.8 Å². The van der Waals surface area contributed by atoms with Gasteiger partial charge in [0, 0.05) is 37.1 Å². The van der Waals surface area contributed by atoms with Gasteiger partial charge in [0.25, 0.3) is 0 Å². The van der Waals surface area contributed by atoms with Crippen LogP contribution < -0.4 is 5.32 Å². The van der Waals surface area contributed by atoms with Crippen LogP contribution in [0.4, 0.5) is 5.82 Å². The first-order valence-corrected chi connectivity index (χ1v) is 8.61. The predicted molar refractivity (Wildman–Crippen MR) is 108 cm³/mol. The van der Waals surface area contributed by atoms with Crippen molar-refractivity contribution in [2.45, 2.75) is 0 Å². The fourth-order valence-corrected chi connectivity index (χ4v) is 2.99. The van der Waals surface area contributed by atoms with Gasteiger partial charge in [-0.05, 0) is 47.0 Å². The first-order chi connectivity index (χ1) is 13.2. The second-order valence-corrected chi connectivity index (χ2v) is 6.19. The lowest BCUT2D eigenvalue weighted by atomic mass is 10.1. The molecule has 0 fully saturated rings. The molecule has 0 bridgehead atoms. The summed E-state index contributed by atoms with van der Waals surface area (Å²) in [5.74, 6) is 0.291. The van der Waals surface area contributed by atoms with Gasteiger partial charge in [0.1, 0.15) is 11.5 Å². The van der Waals surface area contributed by atoms with Crippen molar-refractivity contribution in [3.05, 3.63) is 84.8 Å². The standard InChI is InChI=1S/C22H18N4O/c1-26-14-11-19-18(10-13-24-22(19)26)17-9-12-23-20(15-17)25-21(27)8-7-16-5-3-2-4-6-16/h2-15H,1H3,(H,23,25,27). The van der Waals surface area contributed by atoms with Gasteiger partial charge in [-0.15, -0.1) is 0 Å². The van der Waals surface area contributed by atoms with E-state index in [1.165, 1.54) is 6.08 Å². The Hall–Kier alpha value is -3.73. The first-order valence-electron chi connectivity index (χ1n) is 8.61. The number of rotatable bonds is 4. The summed E-state index contributed by atoms with van der Waals surface area (Å²) in [5, 5.41) is 3.88. The minimum Gasteiger partial charge on any atom is -0.336 e.